The van der Waals surface area contributed by atoms with Crippen LogP contribution in [0, 0.1) is 0 Å². The molecule has 0 bridgehead atoms. The Morgan fingerprint density at radius 3 is 2.65 bits per heavy atom. The van der Waals surface area contributed by atoms with Crippen LogP contribution in [0.5, 0.6) is 0 Å². The molecule has 0 saturated carbocycles. The first-order valence-corrected chi connectivity index (χ1v) is 7.93. The highest BCUT2D eigenvalue weighted by molar-refractivity contribution is 14.0. The summed E-state index contributed by atoms with van der Waals surface area (Å²) >= 11 is 3.48. The summed E-state index contributed by atoms with van der Waals surface area (Å²) in [6, 6.07) is 14.0. The molecule has 0 atom stereocenters. The van der Waals surface area contributed by atoms with Crippen molar-refractivity contribution in [2.45, 2.75) is 13.5 Å². The third kappa shape index (κ3) is 2.85. The Kier molecular flexibility index (Phi) is 4.63. The first kappa shape index (κ1) is 16.3. The first-order valence-electron chi connectivity index (χ1n) is 7.14. The van der Waals surface area contributed by atoms with Gasteiger partial charge >= 0.3 is 0 Å². The van der Waals surface area contributed by atoms with Crippen molar-refractivity contribution in [2.24, 2.45) is 0 Å². The molecule has 23 heavy (non-hydrogen) atoms. The lowest BCUT2D eigenvalue weighted by Gasteiger charge is -2.06. The molecule has 2 heterocycles. The van der Waals surface area contributed by atoms with Crippen LogP contribution in [0.3, 0.4) is 0 Å². The molecule has 116 valence electrons. The minimum Gasteiger partial charge on any atom is -0.323 e. The number of aromatic nitrogens is 4. The fourth-order valence-corrected chi connectivity index (χ4v) is 3.03. The Balaban J connectivity index is 0.00000156. The maximum Gasteiger partial charge on any atom is 0.161 e. The van der Waals surface area contributed by atoms with Gasteiger partial charge < -0.3 is 4.57 Å². The molecule has 4 nitrogen and oxygen atoms in total. The van der Waals surface area contributed by atoms with Gasteiger partial charge in [-0.1, -0.05) is 28.1 Å². The number of benzene rings is 2. The first-order chi connectivity index (χ1) is 10.8. The zero-order valence-corrected chi connectivity index (χ0v) is 16.3. The van der Waals surface area contributed by atoms with Crippen molar-refractivity contribution in [3.05, 3.63) is 53.1 Å². The standard InChI is InChI=1S/C17H13BrN4.HI/c1-2-22-16-6-4-3-5-13(16)21-17(22)15-10-19-12-8-7-11(18)9-14(12)20-15;/h3-10H,2H2,1H3;1H. The lowest BCUT2D eigenvalue weighted by molar-refractivity contribution is 0.793. The summed E-state index contributed by atoms with van der Waals surface area (Å²) in [6.07, 6.45) is 1.80. The van der Waals surface area contributed by atoms with E-state index in [0.29, 0.717) is 0 Å². The molecular formula is C17H14BrIN4. The molecule has 2 aromatic carbocycles. The monoisotopic (exact) mass is 480 g/mol. The molecule has 0 aliphatic carbocycles. The van der Waals surface area contributed by atoms with Crippen LogP contribution in [0.15, 0.2) is 53.1 Å². The third-order valence-electron chi connectivity index (χ3n) is 3.70. The molecule has 2 aromatic heterocycles. The predicted octanol–water partition coefficient (Wildman–Crippen LogP) is 5.05. The average Bonchev–Trinajstić information content (AvgIpc) is 2.92. The molecule has 0 spiro atoms. The minimum absolute atomic E-state index is 0. The van der Waals surface area contributed by atoms with Gasteiger partial charge in [0.25, 0.3) is 0 Å². The van der Waals surface area contributed by atoms with Crippen molar-refractivity contribution in [3.8, 4) is 11.5 Å². The second-order valence-corrected chi connectivity index (χ2v) is 5.97. The van der Waals surface area contributed by atoms with Gasteiger partial charge in [-0.2, -0.15) is 0 Å². The van der Waals surface area contributed by atoms with Crippen LogP contribution in [0.25, 0.3) is 33.6 Å². The summed E-state index contributed by atoms with van der Waals surface area (Å²) < 4.78 is 3.17. The number of para-hydroxylation sites is 2. The number of fused-ring (bicyclic) bond motifs is 2. The Morgan fingerprint density at radius 2 is 1.83 bits per heavy atom. The Hall–Kier alpha value is -1.54. The second kappa shape index (κ2) is 6.52. The minimum atomic E-state index is 0. The summed E-state index contributed by atoms with van der Waals surface area (Å²) in [6.45, 7) is 2.96. The van der Waals surface area contributed by atoms with E-state index in [9.17, 15) is 0 Å². The molecule has 6 heteroatoms. The number of nitrogens with zero attached hydrogens (tertiary/aromatic N) is 4. The normalized spacial score (nSPS) is 10.9. The highest BCUT2D eigenvalue weighted by Crippen LogP contribution is 2.25. The predicted molar refractivity (Wildman–Crippen MR) is 107 cm³/mol. The number of hydrogen-bond donors (Lipinski definition) is 0. The quantitative estimate of drug-likeness (QED) is 0.377. The Morgan fingerprint density at radius 1 is 1.00 bits per heavy atom. The van der Waals surface area contributed by atoms with E-state index in [1.165, 1.54) is 0 Å². The van der Waals surface area contributed by atoms with Crippen molar-refractivity contribution in [2.75, 3.05) is 0 Å². The highest BCUT2D eigenvalue weighted by atomic mass is 127. The van der Waals surface area contributed by atoms with Crippen LogP contribution >= 0.6 is 39.9 Å². The van der Waals surface area contributed by atoms with Crippen molar-refractivity contribution >= 4 is 62.0 Å². The number of rotatable bonds is 2. The summed E-state index contributed by atoms with van der Waals surface area (Å²) in [5.41, 5.74) is 4.64. The largest absolute Gasteiger partial charge is 0.323 e. The number of halogens is 2. The third-order valence-corrected chi connectivity index (χ3v) is 4.20. The molecule has 0 saturated heterocycles. The van der Waals surface area contributed by atoms with Crippen LogP contribution in [-0.2, 0) is 6.54 Å². The van der Waals surface area contributed by atoms with E-state index in [-0.39, 0.29) is 24.0 Å². The van der Waals surface area contributed by atoms with E-state index in [4.69, 9.17) is 9.97 Å². The Bertz CT molecular complexity index is 996. The topological polar surface area (TPSA) is 43.6 Å². The van der Waals surface area contributed by atoms with Crippen LogP contribution in [-0.4, -0.2) is 19.5 Å². The lowest BCUT2D eigenvalue weighted by atomic mass is 10.3. The number of imidazole rings is 1. The van der Waals surface area contributed by atoms with E-state index in [1.54, 1.807) is 6.20 Å². The molecule has 0 N–H and O–H groups in total. The maximum atomic E-state index is 4.73. The molecule has 0 aliphatic heterocycles. The smallest absolute Gasteiger partial charge is 0.161 e. The second-order valence-electron chi connectivity index (χ2n) is 5.06. The van der Waals surface area contributed by atoms with Gasteiger partial charge in [-0.05, 0) is 37.3 Å². The van der Waals surface area contributed by atoms with E-state index in [1.807, 2.05) is 36.4 Å². The van der Waals surface area contributed by atoms with Gasteiger partial charge in [-0.15, -0.1) is 24.0 Å². The summed E-state index contributed by atoms with van der Waals surface area (Å²) in [5.74, 6) is 0.859. The average molecular weight is 481 g/mol. The fourth-order valence-electron chi connectivity index (χ4n) is 2.68. The van der Waals surface area contributed by atoms with Crippen LogP contribution in [0.2, 0.25) is 0 Å². The fraction of sp³-hybridized carbons (Fsp3) is 0.118. The molecular weight excluding hydrogens is 467 g/mol. The van der Waals surface area contributed by atoms with E-state index >= 15 is 0 Å². The summed E-state index contributed by atoms with van der Waals surface area (Å²) in [4.78, 5) is 14.0. The maximum absolute atomic E-state index is 4.73. The van der Waals surface area contributed by atoms with E-state index in [2.05, 4.69) is 38.5 Å². The van der Waals surface area contributed by atoms with Crippen molar-refractivity contribution in [1.29, 1.82) is 0 Å². The Labute approximate surface area is 159 Å². The molecule has 4 aromatic rings. The van der Waals surface area contributed by atoms with Crippen LogP contribution in [0.1, 0.15) is 6.92 Å². The molecule has 0 aliphatic rings. The molecule has 0 radical (unpaired) electrons. The number of hydrogen-bond acceptors (Lipinski definition) is 3. The van der Waals surface area contributed by atoms with Gasteiger partial charge in [0.05, 0.1) is 28.3 Å². The van der Waals surface area contributed by atoms with Crippen molar-refractivity contribution in [3.63, 3.8) is 0 Å². The van der Waals surface area contributed by atoms with E-state index in [0.717, 1.165) is 44.6 Å². The summed E-state index contributed by atoms with van der Waals surface area (Å²) in [7, 11) is 0. The van der Waals surface area contributed by atoms with Crippen molar-refractivity contribution in [1.82, 2.24) is 19.5 Å². The SMILES string of the molecule is CCn1c(-c2cnc3ccc(Br)cc3n2)nc2ccccc21.I. The van der Waals surface area contributed by atoms with Crippen LogP contribution < -0.4 is 0 Å². The van der Waals surface area contributed by atoms with Gasteiger partial charge in [-0.3, -0.25) is 4.98 Å². The van der Waals surface area contributed by atoms with Crippen LogP contribution in [0.4, 0.5) is 0 Å². The zero-order valence-electron chi connectivity index (χ0n) is 12.4. The van der Waals surface area contributed by atoms with Gasteiger partial charge in [0.1, 0.15) is 5.69 Å². The zero-order chi connectivity index (χ0) is 15.1. The summed E-state index contributed by atoms with van der Waals surface area (Å²) in [5, 5.41) is 0. The van der Waals surface area contributed by atoms with Gasteiger partial charge in [0.2, 0.25) is 0 Å². The molecule has 0 fully saturated rings. The molecule has 4 rings (SSSR count). The number of aryl methyl sites for hydroxylation is 1. The highest BCUT2D eigenvalue weighted by Gasteiger charge is 2.13. The molecule has 0 amide bonds. The van der Waals surface area contributed by atoms with Gasteiger partial charge in [0, 0.05) is 11.0 Å². The lowest BCUT2D eigenvalue weighted by Crippen LogP contribution is -1.99. The van der Waals surface area contributed by atoms with Crippen molar-refractivity contribution < 1.29 is 0 Å². The molecule has 0 unspecified atom stereocenters. The van der Waals surface area contributed by atoms with E-state index < -0.39 is 0 Å². The van der Waals surface area contributed by atoms with Gasteiger partial charge in [-0.25, -0.2) is 9.97 Å². The van der Waals surface area contributed by atoms with Gasteiger partial charge in [0.15, 0.2) is 5.82 Å².